The Balaban J connectivity index is 1.84. The number of thioether (sulfide) groups is 1. The Hall–Kier alpha value is -2.00. The Kier molecular flexibility index (Phi) is 4.34. The van der Waals surface area contributed by atoms with Crippen LogP contribution in [0.5, 0.6) is 0 Å². The first-order chi connectivity index (χ1) is 10.7. The van der Waals surface area contributed by atoms with E-state index in [4.69, 9.17) is 0 Å². The summed E-state index contributed by atoms with van der Waals surface area (Å²) >= 11 is 1.56. The number of carbonyl (C=O) groups is 1. The molecule has 0 saturated heterocycles. The molecule has 1 aliphatic rings. The molecule has 1 aliphatic heterocycles. The molecule has 0 aliphatic carbocycles. The molecule has 0 atom stereocenters. The highest BCUT2D eigenvalue weighted by atomic mass is 32.2. The lowest BCUT2D eigenvalue weighted by atomic mass is 10.1. The molecule has 1 heterocycles. The van der Waals surface area contributed by atoms with E-state index in [0.29, 0.717) is 0 Å². The number of Topliss-reactive ketones (excluding diaryl/α,β-unsaturated/α-hetero) is 1. The molecular formula is C19H19NOS. The second-order valence-electron chi connectivity index (χ2n) is 5.20. The maximum Gasteiger partial charge on any atom is 0.200 e. The summed E-state index contributed by atoms with van der Waals surface area (Å²) < 4.78 is 0. The van der Waals surface area contributed by atoms with Crippen LogP contribution in [0.3, 0.4) is 0 Å². The third kappa shape index (κ3) is 2.81. The van der Waals surface area contributed by atoms with Gasteiger partial charge in [-0.15, -0.1) is 0 Å². The molecule has 3 heteroatoms. The van der Waals surface area contributed by atoms with Crippen LogP contribution in [-0.2, 0) is 0 Å². The van der Waals surface area contributed by atoms with E-state index in [9.17, 15) is 4.79 Å². The summed E-state index contributed by atoms with van der Waals surface area (Å²) in [5.74, 6) is 0.133. The van der Waals surface area contributed by atoms with Gasteiger partial charge in [0, 0.05) is 29.2 Å². The predicted octanol–water partition coefficient (Wildman–Crippen LogP) is 4.86. The minimum atomic E-state index is 0.133. The Morgan fingerprint density at radius 1 is 1.00 bits per heavy atom. The highest BCUT2D eigenvalue weighted by Crippen LogP contribution is 2.40. The number of anilines is 1. The third-order valence-corrected chi connectivity index (χ3v) is 4.99. The number of hydrogen-bond donors (Lipinski definition) is 0. The van der Waals surface area contributed by atoms with E-state index in [1.165, 1.54) is 5.69 Å². The van der Waals surface area contributed by atoms with Gasteiger partial charge < -0.3 is 4.90 Å². The van der Waals surface area contributed by atoms with Crippen molar-refractivity contribution in [3.05, 3.63) is 64.6 Å². The van der Waals surface area contributed by atoms with Gasteiger partial charge in [0.2, 0.25) is 5.78 Å². The third-order valence-electron chi connectivity index (χ3n) is 3.89. The summed E-state index contributed by atoms with van der Waals surface area (Å²) in [4.78, 5) is 16.5. The van der Waals surface area contributed by atoms with Crippen LogP contribution in [0.15, 0.2) is 58.3 Å². The topological polar surface area (TPSA) is 20.3 Å². The number of fused-ring (bicyclic) bond motifs is 1. The van der Waals surface area contributed by atoms with Crippen LogP contribution in [0, 0.1) is 0 Å². The van der Waals surface area contributed by atoms with Gasteiger partial charge in [-0.3, -0.25) is 4.79 Å². The van der Waals surface area contributed by atoms with Crippen molar-refractivity contribution < 1.29 is 4.79 Å². The Labute approximate surface area is 135 Å². The number of hydrogen-bond acceptors (Lipinski definition) is 3. The first-order valence-corrected chi connectivity index (χ1v) is 8.43. The van der Waals surface area contributed by atoms with Gasteiger partial charge in [-0.2, -0.15) is 0 Å². The molecular weight excluding hydrogens is 290 g/mol. The fraction of sp³-hybridized carbons (Fsp3) is 0.211. The van der Waals surface area contributed by atoms with Crippen molar-refractivity contribution in [1.82, 2.24) is 0 Å². The van der Waals surface area contributed by atoms with Crippen LogP contribution in [0.25, 0.3) is 6.08 Å². The normalized spacial score (nSPS) is 15.2. The first-order valence-electron chi connectivity index (χ1n) is 7.61. The lowest BCUT2D eigenvalue weighted by Crippen LogP contribution is -2.21. The summed E-state index contributed by atoms with van der Waals surface area (Å²) in [6, 6.07) is 16.2. The van der Waals surface area contributed by atoms with Gasteiger partial charge in [0.15, 0.2) is 0 Å². The molecule has 2 nitrogen and oxygen atoms in total. The van der Waals surface area contributed by atoms with Crippen molar-refractivity contribution in [3.8, 4) is 0 Å². The quantitative estimate of drug-likeness (QED) is 0.752. The minimum absolute atomic E-state index is 0.133. The van der Waals surface area contributed by atoms with Crippen LogP contribution < -0.4 is 4.90 Å². The molecule has 2 aromatic rings. The average molecular weight is 309 g/mol. The van der Waals surface area contributed by atoms with Crippen molar-refractivity contribution in [3.63, 3.8) is 0 Å². The number of rotatable bonds is 4. The fourth-order valence-electron chi connectivity index (χ4n) is 2.66. The maximum absolute atomic E-state index is 12.4. The number of nitrogens with zero attached hydrogens (tertiary/aromatic N) is 1. The van der Waals surface area contributed by atoms with E-state index in [1.54, 1.807) is 11.8 Å². The van der Waals surface area contributed by atoms with E-state index in [1.807, 2.05) is 30.3 Å². The van der Waals surface area contributed by atoms with Gasteiger partial charge in [0.05, 0.1) is 4.91 Å². The molecule has 0 saturated carbocycles. The van der Waals surface area contributed by atoms with Crippen molar-refractivity contribution in [2.75, 3.05) is 18.0 Å². The number of ketones is 1. The molecule has 0 bridgehead atoms. The standard InChI is InChI=1S/C19H19NOS/c1-3-20(4-2)15-11-9-14(10-12-15)13-18-19(21)16-7-5-6-8-17(16)22-18/h5-13H,3-4H2,1-2H3/b18-13-. The number of carbonyl (C=O) groups excluding carboxylic acids is 1. The van der Waals surface area contributed by atoms with Crippen LogP contribution in [-0.4, -0.2) is 18.9 Å². The summed E-state index contributed by atoms with van der Waals surface area (Å²) in [5, 5.41) is 0. The minimum Gasteiger partial charge on any atom is -0.372 e. The first kappa shape index (κ1) is 14.9. The second kappa shape index (κ2) is 6.41. The molecule has 0 amide bonds. The van der Waals surface area contributed by atoms with Gasteiger partial charge in [-0.25, -0.2) is 0 Å². The largest absolute Gasteiger partial charge is 0.372 e. The van der Waals surface area contributed by atoms with Crippen LogP contribution in [0.4, 0.5) is 5.69 Å². The second-order valence-corrected chi connectivity index (χ2v) is 6.28. The zero-order valence-corrected chi connectivity index (χ0v) is 13.7. The van der Waals surface area contributed by atoms with Crippen LogP contribution in [0.1, 0.15) is 29.8 Å². The Morgan fingerprint density at radius 3 is 2.32 bits per heavy atom. The highest BCUT2D eigenvalue weighted by Gasteiger charge is 2.24. The molecule has 0 aromatic heterocycles. The lowest BCUT2D eigenvalue weighted by Gasteiger charge is -2.20. The van der Waals surface area contributed by atoms with Crippen molar-refractivity contribution >= 4 is 29.3 Å². The maximum atomic E-state index is 12.4. The van der Waals surface area contributed by atoms with Crippen molar-refractivity contribution in [2.45, 2.75) is 18.7 Å². The predicted molar refractivity (Wildman–Crippen MR) is 94.6 cm³/mol. The smallest absolute Gasteiger partial charge is 0.200 e. The van der Waals surface area contributed by atoms with E-state index in [0.717, 1.165) is 34.0 Å². The van der Waals surface area contributed by atoms with Gasteiger partial charge in [-0.05, 0) is 49.8 Å². The van der Waals surface area contributed by atoms with Gasteiger partial charge in [0.1, 0.15) is 0 Å². The van der Waals surface area contributed by atoms with E-state index in [-0.39, 0.29) is 5.78 Å². The molecule has 112 valence electrons. The summed E-state index contributed by atoms with van der Waals surface area (Å²) in [7, 11) is 0. The number of allylic oxidation sites excluding steroid dienone is 1. The van der Waals surface area contributed by atoms with Crippen LogP contribution >= 0.6 is 11.8 Å². The molecule has 2 aromatic carbocycles. The summed E-state index contributed by atoms with van der Waals surface area (Å²) in [6.45, 7) is 6.32. The molecule has 0 unspecified atom stereocenters. The van der Waals surface area contributed by atoms with E-state index < -0.39 is 0 Å². The molecule has 0 fully saturated rings. The number of benzene rings is 2. The summed E-state index contributed by atoms with van der Waals surface area (Å²) in [5.41, 5.74) is 3.11. The molecule has 0 spiro atoms. The molecule has 22 heavy (non-hydrogen) atoms. The van der Waals surface area contributed by atoms with E-state index in [2.05, 4.69) is 43.0 Å². The average Bonchev–Trinajstić information content (AvgIpc) is 2.87. The van der Waals surface area contributed by atoms with Gasteiger partial charge in [0.25, 0.3) is 0 Å². The van der Waals surface area contributed by atoms with Gasteiger partial charge in [-0.1, -0.05) is 36.0 Å². The Morgan fingerprint density at radius 2 is 1.68 bits per heavy atom. The molecule has 3 rings (SSSR count). The highest BCUT2D eigenvalue weighted by molar-refractivity contribution is 8.04. The monoisotopic (exact) mass is 309 g/mol. The molecule has 0 N–H and O–H groups in total. The lowest BCUT2D eigenvalue weighted by molar-refractivity contribution is 0.104. The summed E-state index contributed by atoms with van der Waals surface area (Å²) in [6.07, 6.45) is 1.99. The fourth-order valence-corrected chi connectivity index (χ4v) is 3.71. The van der Waals surface area contributed by atoms with Crippen molar-refractivity contribution in [1.29, 1.82) is 0 Å². The zero-order chi connectivity index (χ0) is 15.5. The van der Waals surface area contributed by atoms with Gasteiger partial charge >= 0.3 is 0 Å². The van der Waals surface area contributed by atoms with E-state index >= 15 is 0 Å². The Bertz CT molecular complexity index is 714. The van der Waals surface area contributed by atoms with Crippen LogP contribution in [0.2, 0.25) is 0 Å². The SMILES string of the molecule is CCN(CC)c1ccc(/C=C2\Sc3ccccc3C2=O)cc1. The van der Waals surface area contributed by atoms with Crippen molar-refractivity contribution in [2.24, 2.45) is 0 Å². The molecule has 0 radical (unpaired) electrons. The zero-order valence-electron chi connectivity index (χ0n) is 12.9.